The first-order chi connectivity index (χ1) is 8.50. The van der Waals surface area contributed by atoms with Gasteiger partial charge in [-0.15, -0.1) is 0 Å². The third-order valence-electron chi connectivity index (χ3n) is 3.28. The molecule has 0 unspecified atom stereocenters. The molecule has 6 heteroatoms. The van der Waals surface area contributed by atoms with E-state index in [9.17, 15) is 10.1 Å². The zero-order valence-electron chi connectivity index (χ0n) is 9.89. The summed E-state index contributed by atoms with van der Waals surface area (Å²) >= 11 is 5.78. The number of nitrogens with zero attached hydrogens (tertiary/aromatic N) is 1. The van der Waals surface area contributed by atoms with E-state index in [0.717, 1.165) is 0 Å². The molecule has 1 aromatic carbocycles. The molecular weight excluding hydrogens is 256 g/mol. The second kappa shape index (κ2) is 5.22. The normalized spacial score (nSPS) is 18.6. The number of nitro benzene ring substituents is 1. The second-order valence-corrected chi connectivity index (χ2v) is 5.12. The van der Waals surface area contributed by atoms with Crippen molar-refractivity contribution in [1.82, 2.24) is 0 Å². The van der Waals surface area contributed by atoms with Crippen molar-refractivity contribution in [3.63, 3.8) is 0 Å². The summed E-state index contributed by atoms with van der Waals surface area (Å²) in [7, 11) is 0. The summed E-state index contributed by atoms with van der Waals surface area (Å²) in [5.74, 6) is 0. The van der Waals surface area contributed by atoms with E-state index >= 15 is 0 Å². The number of halogens is 1. The van der Waals surface area contributed by atoms with Crippen molar-refractivity contribution in [2.75, 3.05) is 13.2 Å². The summed E-state index contributed by atoms with van der Waals surface area (Å²) in [6, 6.07) is 4.72. The summed E-state index contributed by atoms with van der Waals surface area (Å²) < 4.78 is 5.26. The van der Waals surface area contributed by atoms with Crippen LogP contribution in [0, 0.1) is 10.1 Å². The standard InChI is InChI=1S/C12H15ClN2O3/c13-10-2-1-9(11(7-10)15(16)17)8-12(14)3-5-18-6-4-12/h1-2,7H,3-6,8,14H2. The molecule has 1 aromatic rings. The Balaban J connectivity index is 2.25. The van der Waals surface area contributed by atoms with Crippen molar-refractivity contribution in [2.45, 2.75) is 24.8 Å². The fraction of sp³-hybridized carbons (Fsp3) is 0.500. The fourth-order valence-electron chi connectivity index (χ4n) is 2.19. The highest BCUT2D eigenvalue weighted by Gasteiger charge is 2.30. The van der Waals surface area contributed by atoms with E-state index in [0.29, 0.717) is 43.1 Å². The number of rotatable bonds is 3. The van der Waals surface area contributed by atoms with Crippen LogP contribution in [-0.4, -0.2) is 23.7 Å². The lowest BCUT2D eigenvalue weighted by Gasteiger charge is -2.33. The summed E-state index contributed by atoms with van der Waals surface area (Å²) in [5.41, 5.74) is 6.52. The summed E-state index contributed by atoms with van der Waals surface area (Å²) in [6.07, 6.45) is 1.91. The van der Waals surface area contributed by atoms with E-state index in [4.69, 9.17) is 22.1 Å². The number of hydrogen-bond donors (Lipinski definition) is 1. The molecule has 5 nitrogen and oxygen atoms in total. The van der Waals surface area contributed by atoms with Crippen LogP contribution in [0.15, 0.2) is 18.2 Å². The molecule has 0 amide bonds. The van der Waals surface area contributed by atoms with Gasteiger partial charge in [0.1, 0.15) is 0 Å². The lowest BCUT2D eigenvalue weighted by atomic mass is 9.84. The van der Waals surface area contributed by atoms with Crippen molar-refractivity contribution in [2.24, 2.45) is 5.73 Å². The molecule has 1 heterocycles. The molecule has 0 radical (unpaired) electrons. The topological polar surface area (TPSA) is 78.4 Å². The molecular formula is C12H15ClN2O3. The van der Waals surface area contributed by atoms with Gasteiger partial charge >= 0.3 is 0 Å². The van der Waals surface area contributed by atoms with Gasteiger partial charge in [-0.25, -0.2) is 0 Å². The smallest absolute Gasteiger partial charge is 0.274 e. The Morgan fingerprint density at radius 2 is 2.11 bits per heavy atom. The van der Waals surface area contributed by atoms with Crippen LogP contribution >= 0.6 is 11.6 Å². The Kier molecular flexibility index (Phi) is 3.85. The van der Waals surface area contributed by atoms with Gasteiger partial charge in [0.05, 0.1) is 4.92 Å². The van der Waals surface area contributed by atoms with Crippen LogP contribution in [0.4, 0.5) is 5.69 Å². The van der Waals surface area contributed by atoms with E-state index in [1.165, 1.54) is 6.07 Å². The number of nitro groups is 1. The molecule has 0 aliphatic carbocycles. The predicted octanol–water partition coefficient (Wildman–Crippen LogP) is 2.30. The van der Waals surface area contributed by atoms with Crippen molar-refractivity contribution >= 4 is 17.3 Å². The first-order valence-electron chi connectivity index (χ1n) is 5.80. The van der Waals surface area contributed by atoms with Gasteiger partial charge in [-0.3, -0.25) is 10.1 Å². The molecule has 2 N–H and O–H groups in total. The quantitative estimate of drug-likeness (QED) is 0.675. The molecule has 2 rings (SSSR count). The van der Waals surface area contributed by atoms with Gasteiger partial charge < -0.3 is 10.5 Å². The van der Waals surface area contributed by atoms with Gasteiger partial charge in [-0.1, -0.05) is 17.7 Å². The highest BCUT2D eigenvalue weighted by Crippen LogP contribution is 2.29. The third-order valence-corrected chi connectivity index (χ3v) is 3.51. The van der Waals surface area contributed by atoms with Gasteiger partial charge in [0.2, 0.25) is 0 Å². The zero-order valence-corrected chi connectivity index (χ0v) is 10.7. The van der Waals surface area contributed by atoms with Crippen molar-refractivity contribution in [3.05, 3.63) is 38.9 Å². The first-order valence-corrected chi connectivity index (χ1v) is 6.17. The SMILES string of the molecule is NC1(Cc2ccc(Cl)cc2[N+](=O)[O-])CCOCC1. The largest absolute Gasteiger partial charge is 0.381 e. The average molecular weight is 271 g/mol. The molecule has 0 atom stereocenters. The third kappa shape index (κ3) is 2.98. The zero-order chi connectivity index (χ0) is 13.2. The first kappa shape index (κ1) is 13.3. The minimum atomic E-state index is -0.420. The van der Waals surface area contributed by atoms with E-state index in [1.807, 2.05) is 0 Å². The lowest BCUT2D eigenvalue weighted by molar-refractivity contribution is -0.385. The monoisotopic (exact) mass is 270 g/mol. The molecule has 1 fully saturated rings. The van der Waals surface area contributed by atoms with Crippen LogP contribution in [0.2, 0.25) is 5.02 Å². The van der Waals surface area contributed by atoms with E-state index in [2.05, 4.69) is 0 Å². The van der Waals surface area contributed by atoms with Crippen molar-refractivity contribution < 1.29 is 9.66 Å². The maximum Gasteiger partial charge on any atom is 0.274 e. The fourth-order valence-corrected chi connectivity index (χ4v) is 2.36. The average Bonchev–Trinajstić information content (AvgIpc) is 2.32. The van der Waals surface area contributed by atoms with Crippen LogP contribution < -0.4 is 5.73 Å². The Hall–Kier alpha value is -1.17. The number of hydrogen-bond acceptors (Lipinski definition) is 4. The predicted molar refractivity (Wildman–Crippen MR) is 68.8 cm³/mol. The molecule has 0 saturated carbocycles. The summed E-state index contributed by atoms with van der Waals surface area (Å²) in [5, 5.41) is 11.4. The minimum absolute atomic E-state index is 0.0406. The van der Waals surface area contributed by atoms with Crippen LogP contribution in [0.1, 0.15) is 18.4 Å². The number of nitrogens with two attached hydrogens (primary N) is 1. The van der Waals surface area contributed by atoms with E-state index < -0.39 is 10.5 Å². The van der Waals surface area contributed by atoms with Gasteiger partial charge in [0, 0.05) is 35.4 Å². The van der Waals surface area contributed by atoms with E-state index in [-0.39, 0.29) is 5.69 Å². The summed E-state index contributed by atoms with van der Waals surface area (Å²) in [6.45, 7) is 1.22. The Morgan fingerprint density at radius 1 is 1.44 bits per heavy atom. The molecule has 0 spiro atoms. The lowest BCUT2D eigenvalue weighted by Crippen LogP contribution is -2.47. The van der Waals surface area contributed by atoms with Gasteiger partial charge in [0.25, 0.3) is 5.69 Å². The van der Waals surface area contributed by atoms with Crippen LogP contribution in [0.25, 0.3) is 0 Å². The van der Waals surface area contributed by atoms with Crippen molar-refractivity contribution in [3.8, 4) is 0 Å². The van der Waals surface area contributed by atoms with Gasteiger partial charge in [0.15, 0.2) is 0 Å². The minimum Gasteiger partial charge on any atom is -0.381 e. The highest BCUT2D eigenvalue weighted by atomic mass is 35.5. The maximum atomic E-state index is 11.0. The molecule has 1 saturated heterocycles. The van der Waals surface area contributed by atoms with Crippen LogP contribution in [-0.2, 0) is 11.2 Å². The van der Waals surface area contributed by atoms with Gasteiger partial charge in [-0.2, -0.15) is 0 Å². The molecule has 1 aliphatic rings. The van der Waals surface area contributed by atoms with Gasteiger partial charge in [-0.05, 0) is 25.3 Å². The second-order valence-electron chi connectivity index (χ2n) is 4.68. The Morgan fingerprint density at radius 3 is 2.72 bits per heavy atom. The Labute approximate surface area is 110 Å². The summed E-state index contributed by atoms with van der Waals surface area (Å²) in [4.78, 5) is 10.6. The molecule has 1 aliphatic heterocycles. The molecule has 0 bridgehead atoms. The van der Waals surface area contributed by atoms with E-state index in [1.54, 1.807) is 12.1 Å². The molecule has 0 aromatic heterocycles. The van der Waals surface area contributed by atoms with Crippen molar-refractivity contribution in [1.29, 1.82) is 0 Å². The maximum absolute atomic E-state index is 11.0. The van der Waals surface area contributed by atoms with Crippen LogP contribution in [0.3, 0.4) is 0 Å². The highest BCUT2D eigenvalue weighted by molar-refractivity contribution is 6.30. The van der Waals surface area contributed by atoms with Crippen LogP contribution in [0.5, 0.6) is 0 Å². The number of ether oxygens (including phenoxy) is 1. The Bertz CT molecular complexity index is 459. The molecule has 98 valence electrons. The number of benzene rings is 1. The molecule has 18 heavy (non-hydrogen) atoms.